The zero-order valence-electron chi connectivity index (χ0n) is 10.1. The van der Waals surface area contributed by atoms with Gasteiger partial charge in [0.15, 0.2) is 0 Å². The van der Waals surface area contributed by atoms with E-state index in [9.17, 15) is 4.79 Å². The van der Waals surface area contributed by atoms with Crippen molar-refractivity contribution in [2.75, 3.05) is 0 Å². The van der Waals surface area contributed by atoms with Gasteiger partial charge in [0.25, 0.3) is 0 Å². The van der Waals surface area contributed by atoms with Crippen molar-refractivity contribution in [3.05, 3.63) is 70.5 Å². The first-order valence-corrected chi connectivity index (χ1v) is 5.93. The van der Waals surface area contributed by atoms with Gasteiger partial charge in [0.05, 0.1) is 5.69 Å². The summed E-state index contributed by atoms with van der Waals surface area (Å²) < 4.78 is 0. The van der Waals surface area contributed by atoms with E-state index in [0.29, 0.717) is 0 Å². The Kier molecular flexibility index (Phi) is 2.49. The molecule has 88 valence electrons. The number of aryl methyl sites for hydroxylation is 1. The Morgan fingerprint density at radius 3 is 2.44 bits per heavy atom. The van der Waals surface area contributed by atoms with E-state index in [1.54, 1.807) is 6.07 Å². The lowest BCUT2D eigenvalue weighted by Crippen LogP contribution is -2.05. The molecule has 2 aromatic carbocycles. The summed E-state index contributed by atoms with van der Waals surface area (Å²) in [5.41, 5.74) is 3.07. The van der Waals surface area contributed by atoms with Crippen LogP contribution >= 0.6 is 0 Å². The summed E-state index contributed by atoms with van der Waals surface area (Å²) in [5, 5.41) is 2.04. The van der Waals surface area contributed by atoms with Crippen molar-refractivity contribution in [3.8, 4) is 11.3 Å². The van der Waals surface area contributed by atoms with E-state index >= 15 is 0 Å². The molecule has 3 rings (SSSR count). The molecule has 0 bridgehead atoms. The maximum Gasteiger partial charge on any atom is 0.249 e. The SMILES string of the molecule is Cc1ccc(-c2[nH]c(=O)cc3ccccc23)cc1. The highest BCUT2D eigenvalue weighted by atomic mass is 16.1. The van der Waals surface area contributed by atoms with E-state index in [1.807, 2.05) is 36.4 Å². The maximum absolute atomic E-state index is 11.7. The van der Waals surface area contributed by atoms with Crippen LogP contribution in [0.1, 0.15) is 5.56 Å². The molecule has 0 spiro atoms. The second kappa shape index (κ2) is 4.15. The lowest BCUT2D eigenvalue weighted by Gasteiger charge is -2.06. The third-order valence-corrected chi connectivity index (χ3v) is 3.11. The Morgan fingerprint density at radius 1 is 0.944 bits per heavy atom. The average Bonchev–Trinajstić information content (AvgIpc) is 2.38. The third kappa shape index (κ3) is 1.82. The second-order valence-corrected chi connectivity index (χ2v) is 4.46. The van der Waals surface area contributed by atoms with Crippen LogP contribution in [0.4, 0.5) is 0 Å². The molecule has 2 nitrogen and oxygen atoms in total. The Labute approximate surface area is 105 Å². The summed E-state index contributed by atoms with van der Waals surface area (Å²) in [7, 11) is 0. The van der Waals surface area contributed by atoms with Crippen LogP contribution in [0, 0.1) is 6.92 Å². The van der Waals surface area contributed by atoms with Gasteiger partial charge in [-0.1, -0.05) is 54.1 Å². The second-order valence-electron chi connectivity index (χ2n) is 4.46. The first kappa shape index (κ1) is 10.8. The standard InChI is InChI=1S/C16H13NO/c1-11-6-8-12(9-7-11)16-14-5-3-2-4-13(14)10-15(18)17-16/h2-10H,1H3,(H,17,18). The van der Waals surface area contributed by atoms with Crippen molar-refractivity contribution >= 4 is 10.8 Å². The number of aromatic amines is 1. The monoisotopic (exact) mass is 235 g/mol. The first-order valence-electron chi connectivity index (χ1n) is 5.93. The van der Waals surface area contributed by atoms with E-state index in [-0.39, 0.29) is 5.56 Å². The molecule has 3 aromatic rings. The molecule has 1 N–H and O–H groups in total. The number of nitrogens with one attached hydrogen (secondary N) is 1. The molecule has 0 unspecified atom stereocenters. The van der Waals surface area contributed by atoms with Gasteiger partial charge in [0, 0.05) is 11.5 Å². The van der Waals surface area contributed by atoms with Crippen LogP contribution in [0.3, 0.4) is 0 Å². The number of H-pyrrole nitrogens is 1. The van der Waals surface area contributed by atoms with Gasteiger partial charge in [-0.05, 0) is 17.9 Å². The molecule has 1 heterocycles. The lowest BCUT2D eigenvalue weighted by molar-refractivity contribution is 1.27. The van der Waals surface area contributed by atoms with E-state index in [1.165, 1.54) is 5.56 Å². The molecule has 0 atom stereocenters. The molecule has 2 heteroatoms. The fourth-order valence-electron chi connectivity index (χ4n) is 2.17. The van der Waals surface area contributed by atoms with Gasteiger partial charge in [-0.2, -0.15) is 0 Å². The van der Waals surface area contributed by atoms with Gasteiger partial charge in [-0.3, -0.25) is 4.79 Å². The summed E-state index contributed by atoms with van der Waals surface area (Å²) in [6.07, 6.45) is 0. The molecule has 0 saturated carbocycles. The summed E-state index contributed by atoms with van der Waals surface area (Å²) in [6, 6.07) is 17.7. The zero-order chi connectivity index (χ0) is 12.5. The van der Waals surface area contributed by atoms with Crippen molar-refractivity contribution < 1.29 is 0 Å². The summed E-state index contributed by atoms with van der Waals surface area (Å²) >= 11 is 0. The molecule has 1 aromatic heterocycles. The molecule has 0 aliphatic heterocycles. The Morgan fingerprint density at radius 2 is 1.67 bits per heavy atom. The number of rotatable bonds is 1. The fraction of sp³-hybridized carbons (Fsp3) is 0.0625. The van der Waals surface area contributed by atoms with Crippen molar-refractivity contribution in [1.29, 1.82) is 0 Å². The van der Waals surface area contributed by atoms with Crippen molar-refractivity contribution in [2.45, 2.75) is 6.92 Å². The van der Waals surface area contributed by atoms with Crippen LogP contribution in [0.5, 0.6) is 0 Å². The highest BCUT2D eigenvalue weighted by molar-refractivity contribution is 5.94. The van der Waals surface area contributed by atoms with Crippen LogP contribution in [-0.4, -0.2) is 4.98 Å². The number of pyridine rings is 1. The minimum absolute atomic E-state index is 0.0655. The fourth-order valence-corrected chi connectivity index (χ4v) is 2.17. The molecule has 18 heavy (non-hydrogen) atoms. The number of fused-ring (bicyclic) bond motifs is 1. The van der Waals surface area contributed by atoms with Crippen LogP contribution in [0.2, 0.25) is 0 Å². The topological polar surface area (TPSA) is 32.9 Å². The molecule has 0 fully saturated rings. The van der Waals surface area contributed by atoms with Crippen molar-refractivity contribution in [3.63, 3.8) is 0 Å². The quantitative estimate of drug-likeness (QED) is 0.688. The van der Waals surface area contributed by atoms with Gasteiger partial charge in [-0.25, -0.2) is 0 Å². The van der Waals surface area contributed by atoms with Crippen molar-refractivity contribution in [2.24, 2.45) is 0 Å². The Hall–Kier alpha value is -2.35. The number of aromatic nitrogens is 1. The smallest absolute Gasteiger partial charge is 0.249 e. The first-order chi connectivity index (χ1) is 8.74. The van der Waals surface area contributed by atoms with Gasteiger partial charge in [-0.15, -0.1) is 0 Å². The normalized spacial score (nSPS) is 10.7. The third-order valence-electron chi connectivity index (χ3n) is 3.11. The van der Waals surface area contributed by atoms with Crippen LogP contribution in [0.25, 0.3) is 22.0 Å². The molecular formula is C16H13NO. The zero-order valence-corrected chi connectivity index (χ0v) is 10.1. The number of benzene rings is 2. The van der Waals surface area contributed by atoms with Gasteiger partial charge >= 0.3 is 0 Å². The summed E-state index contributed by atoms with van der Waals surface area (Å²) in [5.74, 6) is 0. The van der Waals surface area contributed by atoms with Crippen molar-refractivity contribution in [1.82, 2.24) is 4.98 Å². The minimum Gasteiger partial charge on any atom is -0.321 e. The lowest BCUT2D eigenvalue weighted by atomic mass is 10.0. The predicted molar refractivity (Wildman–Crippen MR) is 74.7 cm³/mol. The average molecular weight is 235 g/mol. The predicted octanol–water partition coefficient (Wildman–Crippen LogP) is 3.50. The van der Waals surface area contributed by atoms with Gasteiger partial charge in [0.1, 0.15) is 0 Å². The largest absolute Gasteiger partial charge is 0.321 e. The molecule has 0 amide bonds. The van der Waals surface area contributed by atoms with E-state index in [4.69, 9.17) is 0 Å². The molecule has 0 saturated heterocycles. The van der Waals surface area contributed by atoms with E-state index in [2.05, 4.69) is 24.0 Å². The summed E-state index contributed by atoms with van der Waals surface area (Å²) in [6.45, 7) is 2.05. The molecular weight excluding hydrogens is 222 g/mol. The number of hydrogen-bond donors (Lipinski definition) is 1. The van der Waals surface area contributed by atoms with Gasteiger partial charge < -0.3 is 4.98 Å². The Bertz CT molecular complexity index is 754. The highest BCUT2D eigenvalue weighted by Crippen LogP contribution is 2.25. The molecule has 0 aliphatic carbocycles. The Balaban J connectivity index is 2.34. The van der Waals surface area contributed by atoms with Crippen LogP contribution in [0.15, 0.2) is 59.4 Å². The maximum atomic E-state index is 11.7. The molecule has 0 aliphatic rings. The minimum atomic E-state index is -0.0655. The highest BCUT2D eigenvalue weighted by Gasteiger charge is 2.04. The number of hydrogen-bond acceptors (Lipinski definition) is 1. The van der Waals surface area contributed by atoms with Crippen LogP contribution < -0.4 is 5.56 Å². The van der Waals surface area contributed by atoms with E-state index < -0.39 is 0 Å². The van der Waals surface area contributed by atoms with Crippen LogP contribution in [-0.2, 0) is 0 Å². The summed E-state index contributed by atoms with van der Waals surface area (Å²) in [4.78, 5) is 14.6. The molecule has 0 radical (unpaired) electrons. The van der Waals surface area contributed by atoms with Gasteiger partial charge in [0.2, 0.25) is 5.56 Å². The van der Waals surface area contributed by atoms with E-state index in [0.717, 1.165) is 22.0 Å².